The van der Waals surface area contributed by atoms with E-state index in [9.17, 15) is 5.11 Å². The van der Waals surface area contributed by atoms with E-state index in [-0.39, 0.29) is 0 Å². The van der Waals surface area contributed by atoms with Gasteiger partial charge in [-0.05, 0) is 43.4 Å². The molecular formula is C13H14O. The van der Waals surface area contributed by atoms with Crippen LogP contribution in [0.15, 0.2) is 24.3 Å². The van der Waals surface area contributed by atoms with Crippen molar-refractivity contribution in [3.05, 3.63) is 41.0 Å². The zero-order valence-corrected chi connectivity index (χ0v) is 8.76. The van der Waals surface area contributed by atoms with Gasteiger partial charge in [0.1, 0.15) is 5.75 Å². The fraction of sp³-hybridized carbons (Fsp3) is 0.231. The van der Waals surface area contributed by atoms with Crippen molar-refractivity contribution >= 4 is 10.8 Å². The number of phenols is 1. The Hall–Kier alpha value is -1.50. The van der Waals surface area contributed by atoms with Crippen molar-refractivity contribution in [2.24, 2.45) is 0 Å². The summed E-state index contributed by atoms with van der Waals surface area (Å²) in [6.45, 7) is 6.10. The minimum absolute atomic E-state index is 0.387. The van der Waals surface area contributed by atoms with E-state index >= 15 is 0 Å². The van der Waals surface area contributed by atoms with E-state index in [1.807, 2.05) is 19.9 Å². The molecule has 0 saturated heterocycles. The Kier molecular flexibility index (Phi) is 1.95. The molecule has 0 aliphatic heterocycles. The van der Waals surface area contributed by atoms with E-state index in [1.54, 1.807) is 0 Å². The fourth-order valence-electron chi connectivity index (χ4n) is 2.04. The average molecular weight is 186 g/mol. The third-order valence-electron chi connectivity index (χ3n) is 2.51. The predicted molar refractivity (Wildman–Crippen MR) is 59.8 cm³/mol. The molecule has 0 bridgehead atoms. The SMILES string of the molecule is Cc1cc(C)c2c(O)cc(C)cc2c1. The second kappa shape index (κ2) is 3.02. The molecule has 2 aromatic carbocycles. The van der Waals surface area contributed by atoms with E-state index in [1.165, 1.54) is 5.56 Å². The lowest BCUT2D eigenvalue weighted by Gasteiger charge is -2.07. The third kappa shape index (κ3) is 1.35. The number of aryl methyl sites for hydroxylation is 3. The molecular weight excluding hydrogens is 172 g/mol. The Morgan fingerprint density at radius 3 is 2.07 bits per heavy atom. The molecule has 0 aliphatic carbocycles. The van der Waals surface area contributed by atoms with Crippen LogP contribution in [0, 0.1) is 20.8 Å². The lowest BCUT2D eigenvalue weighted by Crippen LogP contribution is -1.84. The summed E-state index contributed by atoms with van der Waals surface area (Å²) in [4.78, 5) is 0. The molecule has 2 aromatic rings. The summed E-state index contributed by atoms with van der Waals surface area (Å²) in [5, 5.41) is 11.9. The average Bonchev–Trinajstić information content (AvgIpc) is 1.99. The zero-order chi connectivity index (χ0) is 10.3. The van der Waals surface area contributed by atoms with E-state index in [0.29, 0.717) is 5.75 Å². The van der Waals surface area contributed by atoms with Gasteiger partial charge in [0, 0.05) is 5.39 Å². The highest BCUT2D eigenvalue weighted by atomic mass is 16.3. The standard InChI is InChI=1S/C13H14O/c1-8-4-10(3)13-11(5-8)6-9(2)7-12(13)14/h4-7,14H,1-3H3. The Morgan fingerprint density at radius 1 is 0.857 bits per heavy atom. The van der Waals surface area contributed by atoms with Crippen molar-refractivity contribution in [1.82, 2.24) is 0 Å². The van der Waals surface area contributed by atoms with Gasteiger partial charge in [-0.25, -0.2) is 0 Å². The van der Waals surface area contributed by atoms with Crippen LogP contribution in [0.3, 0.4) is 0 Å². The highest BCUT2D eigenvalue weighted by Crippen LogP contribution is 2.30. The molecule has 0 aromatic heterocycles. The van der Waals surface area contributed by atoms with Gasteiger partial charge >= 0.3 is 0 Å². The topological polar surface area (TPSA) is 20.2 Å². The van der Waals surface area contributed by atoms with E-state index in [2.05, 4.69) is 25.1 Å². The molecule has 0 unspecified atom stereocenters. The maximum Gasteiger partial charge on any atom is 0.123 e. The quantitative estimate of drug-likeness (QED) is 0.668. The van der Waals surface area contributed by atoms with E-state index in [0.717, 1.165) is 21.9 Å². The number of hydrogen-bond acceptors (Lipinski definition) is 1. The Bertz CT molecular complexity index is 455. The van der Waals surface area contributed by atoms with Crippen molar-refractivity contribution in [2.75, 3.05) is 0 Å². The smallest absolute Gasteiger partial charge is 0.123 e. The number of hydrogen-bond donors (Lipinski definition) is 1. The molecule has 0 amide bonds. The van der Waals surface area contributed by atoms with Crippen LogP contribution in [0.1, 0.15) is 16.7 Å². The summed E-state index contributed by atoms with van der Waals surface area (Å²) in [5.41, 5.74) is 3.47. The van der Waals surface area contributed by atoms with Crippen LogP contribution in [0.5, 0.6) is 5.75 Å². The second-order valence-electron chi connectivity index (χ2n) is 3.96. The molecule has 0 fully saturated rings. The highest BCUT2D eigenvalue weighted by Gasteiger charge is 2.04. The van der Waals surface area contributed by atoms with Gasteiger partial charge in [0.2, 0.25) is 0 Å². The molecule has 2 rings (SSSR count). The van der Waals surface area contributed by atoms with Crippen molar-refractivity contribution in [1.29, 1.82) is 0 Å². The maximum absolute atomic E-state index is 9.82. The lowest BCUT2D eigenvalue weighted by molar-refractivity contribution is 0.481. The summed E-state index contributed by atoms with van der Waals surface area (Å²) in [7, 11) is 0. The zero-order valence-electron chi connectivity index (χ0n) is 8.76. The van der Waals surface area contributed by atoms with Gasteiger partial charge in [0.15, 0.2) is 0 Å². The number of fused-ring (bicyclic) bond motifs is 1. The third-order valence-corrected chi connectivity index (χ3v) is 2.51. The first-order chi connectivity index (χ1) is 6.58. The van der Waals surface area contributed by atoms with Crippen LogP contribution in [0.4, 0.5) is 0 Å². The van der Waals surface area contributed by atoms with Crippen LogP contribution in [-0.4, -0.2) is 5.11 Å². The van der Waals surface area contributed by atoms with E-state index in [4.69, 9.17) is 0 Å². The molecule has 0 heterocycles. The molecule has 1 heteroatoms. The van der Waals surface area contributed by atoms with Crippen molar-refractivity contribution in [3.63, 3.8) is 0 Å². The van der Waals surface area contributed by atoms with Crippen LogP contribution >= 0.6 is 0 Å². The van der Waals surface area contributed by atoms with Crippen LogP contribution in [-0.2, 0) is 0 Å². The van der Waals surface area contributed by atoms with Crippen molar-refractivity contribution in [2.45, 2.75) is 20.8 Å². The summed E-state index contributed by atoms with van der Waals surface area (Å²) < 4.78 is 0. The molecule has 14 heavy (non-hydrogen) atoms. The predicted octanol–water partition coefficient (Wildman–Crippen LogP) is 3.47. The molecule has 0 aliphatic rings. The van der Waals surface area contributed by atoms with Gasteiger partial charge in [-0.15, -0.1) is 0 Å². The summed E-state index contributed by atoms with van der Waals surface area (Å²) >= 11 is 0. The molecule has 1 N–H and O–H groups in total. The molecule has 0 radical (unpaired) electrons. The fourth-order valence-corrected chi connectivity index (χ4v) is 2.04. The molecule has 72 valence electrons. The first kappa shape index (κ1) is 9.07. The number of rotatable bonds is 0. The monoisotopic (exact) mass is 186 g/mol. The minimum atomic E-state index is 0.387. The number of aromatic hydroxyl groups is 1. The highest BCUT2D eigenvalue weighted by molar-refractivity contribution is 5.92. The lowest BCUT2D eigenvalue weighted by atomic mass is 10.00. The second-order valence-corrected chi connectivity index (χ2v) is 3.96. The minimum Gasteiger partial charge on any atom is -0.507 e. The van der Waals surface area contributed by atoms with Gasteiger partial charge in [-0.1, -0.05) is 23.8 Å². The molecule has 0 saturated carbocycles. The van der Waals surface area contributed by atoms with Crippen molar-refractivity contribution in [3.8, 4) is 5.75 Å². The van der Waals surface area contributed by atoms with Crippen molar-refractivity contribution < 1.29 is 5.11 Å². The first-order valence-corrected chi connectivity index (χ1v) is 4.78. The number of phenolic OH excluding ortho intramolecular Hbond substituents is 1. The summed E-state index contributed by atoms with van der Waals surface area (Å²) in [5.74, 6) is 0.387. The van der Waals surface area contributed by atoms with Gasteiger partial charge < -0.3 is 5.11 Å². The van der Waals surface area contributed by atoms with Gasteiger partial charge in [-0.2, -0.15) is 0 Å². The molecule has 0 spiro atoms. The Morgan fingerprint density at radius 2 is 1.43 bits per heavy atom. The number of benzene rings is 2. The summed E-state index contributed by atoms with van der Waals surface area (Å²) in [6, 6.07) is 8.12. The molecule has 1 nitrogen and oxygen atoms in total. The maximum atomic E-state index is 9.82. The van der Waals surface area contributed by atoms with Crippen LogP contribution in [0.25, 0.3) is 10.8 Å². The first-order valence-electron chi connectivity index (χ1n) is 4.78. The van der Waals surface area contributed by atoms with Crippen LogP contribution < -0.4 is 0 Å². The van der Waals surface area contributed by atoms with Crippen LogP contribution in [0.2, 0.25) is 0 Å². The van der Waals surface area contributed by atoms with E-state index < -0.39 is 0 Å². The largest absolute Gasteiger partial charge is 0.507 e. The molecule has 0 atom stereocenters. The Balaban J connectivity index is 2.94. The Labute approximate surface area is 84.0 Å². The van der Waals surface area contributed by atoms with Gasteiger partial charge in [0.05, 0.1) is 0 Å². The summed E-state index contributed by atoms with van der Waals surface area (Å²) in [6.07, 6.45) is 0. The normalized spacial score (nSPS) is 10.8. The van der Waals surface area contributed by atoms with Gasteiger partial charge in [0.25, 0.3) is 0 Å². The van der Waals surface area contributed by atoms with Gasteiger partial charge in [-0.3, -0.25) is 0 Å².